The average molecular weight is 373 g/mol. The maximum atomic E-state index is 2.57. The molecule has 1 aliphatic carbocycles. The molecule has 4 rings (SSSR count). The van der Waals surface area contributed by atoms with Gasteiger partial charge in [0.2, 0.25) is 0 Å². The van der Waals surface area contributed by atoms with Gasteiger partial charge in [-0.05, 0) is 68.2 Å². The van der Waals surface area contributed by atoms with E-state index >= 15 is 0 Å². The van der Waals surface area contributed by atoms with Crippen molar-refractivity contribution < 1.29 is 0 Å². The van der Waals surface area contributed by atoms with Crippen LogP contribution >= 0.6 is 34.4 Å². The summed E-state index contributed by atoms with van der Waals surface area (Å²) in [5.41, 5.74) is 1.59. The van der Waals surface area contributed by atoms with Gasteiger partial charge in [-0.15, -0.1) is 22.7 Å². The lowest BCUT2D eigenvalue weighted by Gasteiger charge is -2.35. The predicted molar refractivity (Wildman–Crippen MR) is 111 cm³/mol. The summed E-state index contributed by atoms with van der Waals surface area (Å²) in [5, 5.41) is 3.67. The Morgan fingerprint density at radius 1 is 1.17 bits per heavy atom. The Morgan fingerprint density at radius 3 is 2.79 bits per heavy atom. The molecule has 0 saturated carbocycles. The SMILES string of the molecule is Cc1ccc(C2=CC(c3cccs3)CC(C3CC=CC(C)S3)C2)s1. The fourth-order valence-corrected chi connectivity index (χ4v) is 7.05. The van der Waals surface area contributed by atoms with E-state index in [0.717, 1.165) is 11.2 Å². The topological polar surface area (TPSA) is 0 Å². The third-order valence-electron chi connectivity index (χ3n) is 5.10. The zero-order chi connectivity index (χ0) is 16.5. The number of hydrogen-bond donors (Lipinski definition) is 0. The van der Waals surface area contributed by atoms with Crippen LogP contribution in [0.15, 0.2) is 47.9 Å². The Morgan fingerprint density at radius 2 is 2.08 bits per heavy atom. The van der Waals surface area contributed by atoms with Gasteiger partial charge in [-0.1, -0.05) is 24.3 Å². The quantitative estimate of drug-likeness (QED) is 0.516. The molecule has 0 fully saturated rings. The van der Waals surface area contributed by atoms with E-state index in [-0.39, 0.29) is 0 Å². The van der Waals surface area contributed by atoms with E-state index in [1.54, 1.807) is 5.57 Å². The highest BCUT2D eigenvalue weighted by Crippen LogP contribution is 2.47. The van der Waals surface area contributed by atoms with E-state index in [1.807, 2.05) is 22.7 Å². The summed E-state index contributed by atoms with van der Waals surface area (Å²) in [7, 11) is 0. The Hall–Kier alpha value is -0.770. The Balaban J connectivity index is 1.63. The molecule has 1 aliphatic heterocycles. The van der Waals surface area contributed by atoms with E-state index in [9.17, 15) is 0 Å². The van der Waals surface area contributed by atoms with E-state index in [1.165, 1.54) is 33.9 Å². The highest BCUT2D eigenvalue weighted by atomic mass is 32.2. The molecule has 0 radical (unpaired) electrons. The van der Waals surface area contributed by atoms with Crippen molar-refractivity contribution in [2.45, 2.75) is 49.5 Å². The second-order valence-electron chi connectivity index (χ2n) is 6.97. The molecule has 2 aliphatic rings. The summed E-state index contributed by atoms with van der Waals surface area (Å²) in [6, 6.07) is 9.12. The highest BCUT2D eigenvalue weighted by Gasteiger charge is 2.32. The van der Waals surface area contributed by atoms with Crippen LogP contribution in [0.2, 0.25) is 0 Å². The minimum absolute atomic E-state index is 0.600. The summed E-state index contributed by atoms with van der Waals surface area (Å²) in [4.78, 5) is 4.45. The number of aryl methyl sites for hydroxylation is 1. The Labute approximate surface area is 157 Å². The maximum absolute atomic E-state index is 2.57. The van der Waals surface area contributed by atoms with E-state index in [4.69, 9.17) is 0 Å². The molecule has 0 bridgehead atoms. The van der Waals surface area contributed by atoms with Crippen molar-refractivity contribution in [3.63, 3.8) is 0 Å². The first kappa shape index (κ1) is 16.7. The van der Waals surface area contributed by atoms with Crippen molar-refractivity contribution in [3.8, 4) is 0 Å². The molecule has 0 spiro atoms. The van der Waals surface area contributed by atoms with Gasteiger partial charge >= 0.3 is 0 Å². The number of hydrogen-bond acceptors (Lipinski definition) is 3. The first-order valence-corrected chi connectivity index (χ1v) is 11.5. The van der Waals surface area contributed by atoms with Crippen molar-refractivity contribution in [1.29, 1.82) is 0 Å². The Kier molecular flexibility index (Phi) is 5.03. The van der Waals surface area contributed by atoms with Crippen molar-refractivity contribution in [3.05, 3.63) is 62.5 Å². The van der Waals surface area contributed by atoms with Crippen LogP contribution in [0.5, 0.6) is 0 Å². The third kappa shape index (κ3) is 3.58. The molecule has 0 N–H and O–H groups in total. The average Bonchev–Trinajstić information content (AvgIpc) is 3.26. The van der Waals surface area contributed by atoms with Gasteiger partial charge in [0.05, 0.1) is 0 Å². The van der Waals surface area contributed by atoms with Crippen LogP contribution in [0, 0.1) is 12.8 Å². The summed E-state index contributed by atoms with van der Waals surface area (Å²) in [6.07, 6.45) is 11.2. The fraction of sp³-hybridized carbons (Fsp3) is 0.429. The molecule has 3 heteroatoms. The number of thioether (sulfide) groups is 1. The van der Waals surface area contributed by atoms with Crippen molar-refractivity contribution in [2.75, 3.05) is 0 Å². The first-order chi connectivity index (χ1) is 11.7. The molecule has 2 aromatic heterocycles. The molecule has 2 aromatic rings. The second-order valence-corrected chi connectivity index (χ2v) is 10.9. The molecular formula is C21H24S3. The fourth-order valence-electron chi connectivity index (χ4n) is 3.93. The molecule has 0 nitrogen and oxygen atoms in total. The van der Waals surface area contributed by atoms with Gasteiger partial charge in [-0.2, -0.15) is 11.8 Å². The first-order valence-electron chi connectivity index (χ1n) is 8.82. The molecule has 0 aromatic carbocycles. The number of rotatable bonds is 3. The molecule has 0 amide bonds. The minimum Gasteiger partial charge on any atom is -0.151 e. The molecule has 24 heavy (non-hydrogen) atoms. The normalized spacial score (nSPS) is 30.3. The van der Waals surface area contributed by atoms with Crippen molar-refractivity contribution in [1.82, 2.24) is 0 Å². The lowest BCUT2D eigenvalue weighted by Crippen LogP contribution is -2.25. The van der Waals surface area contributed by atoms with Gasteiger partial charge in [0, 0.05) is 31.0 Å². The maximum Gasteiger partial charge on any atom is 0.0302 e. The van der Waals surface area contributed by atoms with Gasteiger partial charge in [0.25, 0.3) is 0 Å². The van der Waals surface area contributed by atoms with Crippen LogP contribution in [0.1, 0.15) is 46.7 Å². The lowest BCUT2D eigenvalue weighted by molar-refractivity contribution is 0.442. The highest BCUT2D eigenvalue weighted by molar-refractivity contribution is 8.00. The lowest BCUT2D eigenvalue weighted by atomic mass is 9.78. The third-order valence-corrected chi connectivity index (χ3v) is 8.69. The standard InChI is InChI=1S/C21H24S3/c1-14-5-3-6-20(23-14)17-11-16(19-7-4-10-22-19)12-18(13-17)21-9-8-15(2)24-21/h3-5,7-10,12,14,16-17,20H,6,11,13H2,1-2H3. The smallest absolute Gasteiger partial charge is 0.0302 e. The largest absolute Gasteiger partial charge is 0.151 e. The van der Waals surface area contributed by atoms with Gasteiger partial charge < -0.3 is 0 Å². The van der Waals surface area contributed by atoms with Gasteiger partial charge in [0.1, 0.15) is 0 Å². The minimum atomic E-state index is 0.600. The molecule has 3 heterocycles. The van der Waals surface area contributed by atoms with Crippen LogP contribution < -0.4 is 0 Å². The monoisotopic (exact) mass is 372 g/mol. The van der Waals surface area contributed by atoms with E-state index in [2.05, 4.69) is 73.5 Å². The predicted octanol–water partition coefficient (Wildman–Crippen LogP) is 7.15. The summed E-state index contributed by atoms with van der Waals surface area (Å²) >= 11 is 6.06. The molecule has 0 saturated heterocycles. The van der Waals surface area contributed by atoms with E-state index in [0.29, 0.717) is 11.2 Å². The molecule has 4 atom stereocenters. The van der Waals surface area contributed by atoms with Crippen LogP contribution in [0.4, 0.5) is 0 Å². The van der Waals surface area contributed by atoms with Crippen molar-refractivity contribution in [2.24, 2.45) is 5.92 Å². The second kappa shape index (κ2) is 7.23. The van der Waals surface area contributed by atoms with E-state index < -0.39 is 0 Å². The van der Waals surface area contributed by atoms with Gasteiger partial charge in [-0.25, -0.2) is 0 Å². The summed E-state index contributed by atoms with van der Waals surface area (Å²) in [6.45, 7) is 4.56. The van der Waals surface area contributed by atoms with Crippen LogP contribution in [-0.4, -0.2) is 10.5 Å². The number of allylic oxidation sites excluding steroid dienone is 3. The zero-order valence-electron chi connectivity index (χ0n) is 14.3. The zero-order valence-corrected chi connectivity index (χ0v) is 16.7. The van der Waals surface area contributed by atoms with Crippen molar-refractivity contribution >= 4 is 40.0 Å². The summed E-state index contributed by atoms with van der Waals surface area (Å²) < 4.78 is 0. The molecular weight excluding hydrogens is 348 g/mol. The summed E-state index contributed by atoms with van der Waals surface area (Å²) in [5.74, 6) is 1.39. The van der Waals surface area contributed by atoms with Crippen LogP contribution in [0.25, 0.3) is 5.57 Å². The molecule has 126 valence electrons. The number of thiophene rings is 2. The van der Waals surface area contributed by atoms with Crippen LogP contribution in [0.3, 0.4) is 0 Å². The van der Waals surface area contributed by atoms with Gasteiger partial charge in [0.15, 0.2) is 0 Å². The Bertz CT molecular complexity index is 735. The molecule has 4 unspecified atom stereocenters. The van der Waals surface area contributed by atoms with Crippen LogP contribution in [-0.2, 0) is 0 Å². The van der Waals surface area contributed by atoms with Gasteiger partial charge in [-0.3, -0.25) is 0 Å².